The Bertz CT molecular complexity index is 2520. The molecule has 0 aliphatic carbocycles. The minimum Gasteiger partial charge on any atom is -0.293 e. The van der Waals surface area contributed by atoms with Crippen molar-refractivity contribution in [3.63, 3.8) is 0 Å². The summed E-state index contributed by atoms with van der Waals surface area (Å²) in [6.45, 7) is 0. The lowest BCUT2D eigenvalue weighted by Crippen LogP contribution is -2.08. The molecule has 0 spiro atoms. The fourth-order valence-corrected chi connectivity index (χ4v) is 8.58. The Morgan fingerprint density at radius 1 is 0.500 bits per heavy atom. The van der Waals surface area contributed by atoms with Crippen molar-refractivity contribution in [2.45, 2.75) is 9.79 Å². The van der Waals surface area contributed by atoms with Gasteiger partial charge in [-0.15, -0.1) is 0 Å². The van der Waals surface area contributed by atoms with E-state index in [0.717, 1.165) is 44.4 Å². The zero-order valence-electron chi connectivity index (χ0n) is 25.6. The highest BCUT2D eigenvalue weighted by Gasteiger charge is 2.32. The fourth-order valence-electron chi connectivity index (χ4n) is 6.43. The number of para-hydroxylation sites is 2. The third-order valence-corrected chi connectivity index (χ3v) is 10.9. The molecule has 0 saturated carbocycles. The van der Waals surface area contributed by atoms with Crippen LogP contribution in [0.3, 0.4) is 0 Å². The number of hydrogen-bond donors (Lipinski definition) is 0. The van der Waals surface area contributed by atoms with Crippen LogP contribution in [-0.2, 0) is 9.73 Å². The van der Waals surface area contributed by atoms with Gasteiger partial charge in [-0.1, -0.05) is 127 Å². The largest absolute Gasteiger partial charge is 0.293 e. The Hall–Kier alpha value is -6.18. The third-order valence-electron chi connectivity index (χ3n) is 8.64. The van der Waals surface area contributed by atoms with Crippen LogP contribution in [0.2, 0.25) is 0 Å². The van der Waals surface area contributed by atoms with E-state index in [-0.39, 0.29) is 0 Å². The quantitative estimate of drug-likeness (QED) is 0.188. The summed E-state index contributed by atoms with van der Waals surface area (Å²) in [5.41, 5.74) is 6.38. The van der Waals surface area contributed by atoms with Gasteiger partial charge in [0.1, 0.15) is 9.73 Å². The molecule has 0 radical (unpaired) electrons. The van der Waals surface area contributed by atoms with Gasteiger partial charge >= 0.3 is 0 Å². The van der Waals surface area contributed by atoms with Crippen molar-refractivity contribution < 1.29 is 4.21 Å². The van der Waals surface area contributed by atoms with Crippen molar-refractivity contribution in [3.8, 4) is 51.0 Å². The first-order chi connectivity index (χ1) is 23.7. The second-order valence-electron chi connectivity index (χ2n) is 11.6. The first-order valence-electron chi connectivity index (χ1n) is 15.7. The van der Waals surface area contributed by atoms with Crippen molar-refractivity contribution in [2.75, 3.05) is 0 Å². The second-order valence-corrected chi connectivity index (χ2v) is 13.7. The number of nitrogens with zero attached hydrogens (tertiary/aromatic N) is 5. The highest BCUT2D eigenvalue weighted by atomic mass is 32.2. The topological polar surface area (TPSA) is 73.0 Å². The van der Waals surface area contributed by atoms with Gasteiger partial charge in [0.05, 0.1) is 15.3 Å². The molecule has 1 unspecified atom stereocenters. The number of aromatic nitrogens is 4. The molecule has 48 heavy (non-hydrogen) atoms. The molecular weight excluding hydrogens is 611 g/mol. The Morgan fingerprint density at radius 3 is 1.73 bits per heavy atom. The molecule has 3 heterocycles. The number of fused-ring (bicyclic) bond motifs is 5. The van der Waals surface area contributed by atoms with Gasteiger partial charge < -0.3 is 0 Å². The average Bonchev–Trinajstić information content (AvgIpc) is 3.49. The zero-order chi connectivity index (χ0) is 32.1. The van der Waals surface area contributed by atoms with E-state index < -0.39 is 9.73 Å². The van der Waals surface area contributed by atoms with Gasteiger partial charge in [-0.3, -0.25) is 4.57 Å². The molecule has 1 aliphatic heterocycles. The van der Waals surface area contributed by atoms with E-state index >= 15 is 4.21 Å². The predicted molar refractivity (Wildman–Crippen MR) is 192 cm³/mol. The maximum Gasteiger partial charge on any atom is 0.164 e. The minimum absolute atomic E-state index is 0.496. The number of hydrogen-bond acceptors (Lipinski definition) is 5. The monoisotopic (exact) mass is 637 g/mol. The molecule has 0 amide bonds. The fraction of sp³-hybridized carbons (Fsp3) is 0. The molecule has 6 nitrogen and oxygen atoms in total. The van der Waals surface area contributed by atoms with Gasteiger partial charge in [0.25, 0.3) is 0 Å². The molecule has 1 aliphatic rings. The predicted octanol–water partition coefficient (Wildman–Crippen LogP) is 10.0. The summed E-state index contributed by atoms with van der Waals surface area (Å²) in [4.78, 5) is 16.0. The second kappa shape index (κ2) is 11.3. The molecule has 9 rings (SSSR count). The molecule has 1 atom stereocenters. The third kappa shape index (κ3) is 4.55. The molecule has 0 N–H and O–H groups in total. The first-order valence-corrected chi connectivity index (χ1v) is 17.2. The summed E-state index contributed by atoms with van der Waals surface area (Å²) >= 11 is 0. The van der Waals surface area contributed by atoms with Crippen LogP contribution in [0.1, 0.15) is 0 Å². The standard InChI is InChI=1S/C41H27N5OS/c47-48(36-26-13-11-24-34(36)37-33-23-10-12-25-35(33)46(41(37)45-48)31-20-8-3-9-21-31)32-22-14-19-30(27-32)40-43-38(28-15-4-1-5-16-28)42-39(44-40)29-17-6-2-7-18-29/h1-27H. The molecular formula is C41H27N5OS. The van der Waals surface area contributed by atoms with Gasteiger partial charge in [-0.2, -0.15) is 4.36 Å². The molecule has 8 aromatic rings. The first kappa shape index (κ1) is 28.1. The van der Waals surface area contributed by atoms with Crippen LogP contribution >= 0.6 is 0 Å². The maximum absolute atomic E-state index is 15.6. The van der Waals surface area contributed by atoms with Crippen molar-refractivity contribution in [1.29, 1.82) is 0 Å². The highest BCUT2D eigenvalue weighted by Crippen LogP contribution is 2.50. The summed E-state index contributed by atoms with van der Waals surface area (Å²) < 4.78 is 22.9. The van der Waals surface area contributed by atoms with Gasteiger partial charge in [-0.05, 0) is 36.4 Å². The summed E-state index contributed by atoms with van der Waals surface area (Å²) in [5.74, 6) is 2.31. The summed E-state index contributed by atoms with van der Waals surface area (Å²) in [6.07, 6.45) is 0. The van der Waals surface area contributed by atoms with Gasteiger partial charge in [0.15, 0.2) is 23.3 Å². The van der Waals surface area contributed by atoms with Crippen molar-refractivity contribution >= 4 is 26.4 Å². The maximum atomic E-state index is 15.6. The van der Waals surface area contributed by atoms with Crippen LogP contribution in [0.15, 0.2) is 178 Å². The molecule has 228 valence electrons. The van der Waals surface area contributed by atoms with E-state index in [1.54, 1.807) is 0 Å². The highest BCUT2D eigenvalue weighted by molar-refractivity contribution is 7.94. The summed E-state index contributed by atoms with van der Waals surface area (Å²) in [7, 11) is -3.14. The van der Waals surface area contributed by atoms with Crippen molar-refractivity contribution in [3.05, 3.63) is 164 Å². The van der Waals surface area contributed by atoms with Gasteiger partial charge in [0, 0.05) is 38.9 Å². The summed E-state index contributed by atoms with van der Waals surface area (Å²) in [6, 6.07) is 53.8. The van der Waals surface area contributed by atoms with Crippen LogP contribution in [0.5, 0.6) is 0 Å². The normalized spacial score (nSPS) is 15.0. The lowest BCUT2D eigenvalue weighted by Gasteiger charge is -2.21. The Labute approximate surface area is 278 Å². The van der Waals surface area contributed by atoms with E-state index in [1.165, 1.54) is 0 Å². The van der Waals surface area contributed by atoms with E-state index in [1.807, 2.05) is 133 Å². The molecule has 0 bridgehead atoms. The lowest BCUT2D eigenvalue weighted by molar-refractivity contribution is 0.676. The van der Waals surface area contributed by atoms with E-state index in [2.05, 4.69) is 34.9 Å². The van der Waals surface area contributed by atoms with Gasteiger partial charge in [-0.25, -0.2) is 19.2 Å². The SMILES string of the molecule is O=S1(c2cccc(-c3nc(-c4ccccc4)nc(-c4ccccc4)n3)c2)=Nc2c(c3ccccc3n2-c2ccccc2)-c2ccccc21. The van der Waals surface area contributed by atoms with E-state index in [0.29, 0.717) is 33.1 Å². The van der Waals surface area contributed by atoms with Crippen LogP contribution in [0.25, 0.3) is 61.9 Å². The lowest BCUT2D eigenvalue weighted by atomic mass is 10.0. The molecule has 7 heteroatoms. The molecule has 6 aromatic carbocycles. The van der Waals surface area contributed by atoms with Crippen LogP contribution in [0, 0.1) is 0 Å². The molecule has 2 aromatic heterocycles. The molecule has 0 fully saturated rings. The van der Waals surface area contributed by atoms with Crippen LogP contribution in [-0.4, -0.2) is 23.7 Å². The smallest absolute Gasteiger partial charge is 0.164 e. The number of benzene rings is 6. The zero-order valence-corrected chi connectivity index (χ0v) is 26.5. The number of rotatable bonds is 5. The van der Waals surface area contributed by atoms with Gasteiger partial charge in [0.2, 0.25) is 0 Å². The Morgan fingerprint density at radius 2 is 1.04 bits per heavy atom. The average molecular weight is 638 g/mol. The van der Waals surface area contributed by atoms with Crippen molar-refractivity contribution in [2.24, 2.45) is 4.36 Å². The Balaban J connectivity index is 1.28. The molecule has 0 saturated heterocycles. The van der Waals surface area contributed by atoms with E-state index in [4.69, 9.17) is 19.3 Å². The van der Waals surface area contributed by atoms with Crippen LogP contribution < -0.4 is 0 Å². The summed E-state index contributed by atoms with van der Waals surface area (Å²) in [5, 5.41) is 1.06. The van der Waals surface area contributed by atoms with Crippen LogP contribution in [0.4, 0.5) is 5.82 Å². The Kier molecular flexibility index (Phi) is 6.59. The minimum atomic E-state index is -3.14. The van der Waals surface area contributed by atoms with E-state index in [9.17, 15) is 0 Å². The van der Waals surface area contributed by atoms with Crippen molar-refractivity contribution in [1.82, 2.24) is 19.5 Å².